The third-order valence-electron chi connectivity index (χ3n) is 10.2. The summed E-state index contributed by atoms with van der Waals surface area (Å²) in [7, 11) is 0. The van der Waals surface area contributed by atoms with Crippen LogP contribution in [0.2, 0.25) is 0 Å². The summed E-state index contributed by atoms with van der Waals surface area (Å²) in [5, 5.41) is 3.27. The number of hydrogen-bond acceptors (Lipinski definition) is 7. The van der Waals surface area contributed by atoms with Gasteiger partial charge in [0.1, 0.15) is 16.8 Å². The molecule has 0 N–H and O–H groups in total. The predicted octanol–water partition coefficient (Wildman–Crippen LogP) is 12.9. The van der Waals surface area contributed by atoms with Gasteiger partial charge in [-0.3, -0.25) is 0 Å². The zero-order chi connectivity index (χ0) is 37.0. The molecular weight excluding hydrogens is 707 g/mol. The molecule has 0 aliphatic rings. The van der Waals surface area contributed by atoms with Crippen LogP contribution >= 0.6 is 11.3 Å². The quantitative estimate of drug-likeness (QED) is 0.169. The molecule has 262 valence electrons. The van der Waals surface area contributed by atoms with Crippen LogP contribution in [0.3, 0.4) is 0 Å². The standard InChI is InChI=1S/C49H29N5OS/c1-4-14-30(15-5-1)46-50-43(45-44(51-46)36-22-10-11-24-39(36)55-45)35-21-12-20-33(28-35)34-26-27-37-41(29-34)56-40-25-13-23-38(42(37)40)49-53-47(31-16-6-2-7-17-31)52-48(54-49)32-18-8-3-9-19-32/h1-29H. The number of para-hydroxylation sites is 1. The fourth-order valence-electron chi connectivity index (χ4n) is 7.47. The number of aromatic nitrogens is 5. The summed E-state index contributed by atoms with van der Waals surface area (Å²) < 4.78 is 8.80. The molecule has 6 nitrogen and oxygen atoms in total. The van der Waals surface area contributed by atoms with Crippen molar-refractivity contribution < 1.29 is 4.42 Å². The average Bonchev–Trinajstić information content (AvgIpc) is 3.85. The second-order valence-corrected chi connectivity index (χ2v) is 14.7. The summed E-state index contributed by atoms with van der Waals surface area (Å²) in [4.78, 5) is 25.2. The smallest absolute Gasteiger partial charge is 0.180 e. The average molecular weight is 736 g/mol. The highest BCUT2D eigenvalue weighted by molar-refractivity contribution is 7.26. The van der Waals surface area contributed by atoms with E-state index in [9.17, 15) is 0 Å². The molecule has 0 saturated carbocycles. The van der Waals surface area contributed by atoms with Gasteiger partial charge in [0, 0.05) is 53.4 Å². The summed E-state index contributed by atoms with van der Waals surface area (Å²) in [6.07, 6.45) is 0. The molecule has 11 rings (SSSR count). The van der Waals surface area contributed by atoms with Crippen LogP contribution in [0.5, 0.6) is 0 Å². The molecule has 4 heterocycles. The molecule has 11 aromatic rings. The third-order valence-corrected chi connectivity index (χ3v) is 11.3. The monoisotopic (exact) mass is 735 g/mol. The lowest BCUT2D eigenvalue weighted by molar-refractivity contribution is 0.667. The summed E-state index contributed by atoms with van der Waals surface area (Å²) in [5.41, 5.74) is 10.0. The molecule has 0 radical (unpaired) electrons. The molecular formula is C49H29N5OS. The first-order valence-corrected chi connectivity index (χ1v) is 19.2. The molecule has 0 aliphatic heterocycles. The number of rotatable bonds is 6. The SMILES string of the molecule is c1ccc(-c2nc(-c3ccccc3)nc(-c3cccc4sc5cc(-c6cccc(-c7nc(-c8ccccc8)nc8c7oc7ccccc78)c6)ccc5c34)n2)cc1. The Morgan fingerprint density at radius 3 is 1.66 bits per heavy atom. The van der Waals surface area contributed by atoms with Gasteiger partial charge in [0.15, 0.2) is 28.9 Å². The molecule has 0 spiro atoms. The van der Waals surface area contributed by atoms with Crippen LogP contribution in [0.4, 0.5) is 0 Å². The van der Waals surface area contributed by atoms with Crippen molar-refractivity contribution >= 4 is 53.6 Å². The van der Waals surface area contributed by atoms with Crippen molar-refractivity contribution in [2.24, 2.45) is 0 Å². The Labute approximate surface area is 325 Å². The summed E-state index contributed by atoms with van der Waals surface area (Å²) in [6.45, 7) is 0. The van der Waals surface area contributed by atoms with E-state index in [1.54, 1.807) is 11.3 Å². The first-order chi connectivity index (χ1) is 27.7. The second kappa shape index (κ2) is 13.2. The van der Waals surface area contributed by atoms with Crippen LogP contribution in [0.25, 0.3) is 110 Å². The maximum atomic E-state index is 6.44. The Hall–Kier alpha value is -7.35. The van der Waals surface area contributed by atoms with Gasteiger partial charge in [-0.15, -0.1) is 11.3 Å². The van der Waals surface area contributed by atoms with E-state index in [4.69, 9.17) is 29.3 Å². The largest absolute Gasteiger partial charge is 0.452 e. The van der Waals surface area contributed by atoms with Crippen molar-refractivity contribution in [3.63, 3.8) is 0 Å². The molecule has 0 amide bonds. The van der Waals surface area contributed by atoms with E-state index in [0.29, 0.717) is 28.9 Å². The first kappa shape index (κ1) is 32.1. The molecule has 0 unspecified atom stereocenters. The minimum atomic E-state index is 0.646. The fourth-order valence-corrected chi connectivity index (χ4v) is 8.64. The van der Waals surface area contributed by atoms with Gasteiger partial charge in [0.2, 0.25) is 0 Å². The van der Waals surface area contributed by atoms with E-state index in [0.717, 1.165) is 71.9 Å². The lowest BCUT2D eigenvalue weighted by Crippen LogP contribution is -2.00. The van der Waals surface area contributed by atoms with Gasteiger partial charge in [-0.2, -0.15) is 0 Å². The molecule has 0 bridgehead atoms. The Balaban J connectivity index is 1.04. The molecule has 0 saturated heterocycles. The van der Waals surface area contributed by atoms with Gasteiger partial charge in [-0.1, -0.05) is 146 Å². The van der Waals surface area contributed by atoms with E-state index in [2.05, 4.69) is 66.7 Å². The number of nitrogens with zero attached hydrogens (tertiary/aromatic N) is 5. The van der Waals surface area contributed by atoms with Crippen molar-refractivity contribution in [2.45, 2.75) is 0 Å². The normalized spacial score (nSPS) is 11.6. The van der Waals surface area contributed by atoms with Crippen LogP contribution in [-0.4, -0.2) is 24.9 Å². The van der Waals surface area contributed by atoms with Gasteiger partial charge in [-0.25, -0.2) is 24.9 Å². The summed E-state index contributed by atoms with van der Waals surface area (Å²) in [5.74, 6) is 2.61. The second-order valence-electron chi connectivity index (χ2n) is 13.6. The Bertz CT molecular complexity index is 3190. The molecule has 0 fully saturated rings. The fraction of sp³-hybridized carbons (Fsp3) is 0. The number of furan rings is 1. The van der Waals surface area contributed by atoms with Gasteiger partial charge in [-0.05, 0) is 41.5 Å². The summed E-state index contributed by atoms with van der Waals surface area (Å²) >= 11 is 1.78. The van der Waals surface area contributed by atoms with E-state index in [1.807, 2.05) is 109 Å². The topological polar surface area (TPSA) is 77.6 Å². The van der Waals surface area contributed by atoms with Crippen LogP contribution in [0.15, 0.2) is 180 Å². The van der Waals surface area contributed by atoms with Gasteiger partial charge in [0.25, 0.3) is 0 Å². The highest BCUT2D eigenvalue weighted by Crippen LogP contribution is 2.42. The maximum absolute atomic E-state index is 6.44. The van der Waals surface area contributed by atoms with Crippen LogP contribution in [0.1, 0.15) is 0 Å². The lowest BCUT2D eigenvalue weighted by Gasteiger charge is -2.10. The van der Waals surface area contributed by atoms with Crippen molar-refractivity contribution in [2.75, 3.05) is 0 Å². The molecule has 56 heavy (non-hydrogen) atoms. The van der Waals surface area contributed by atoms with Crippen molar-refractivity contribution in [1.29, 1.82) is 0 Å². The minimum Gasteiger partial charge on any atom is -0.452 e. The molecule has 0 atom stereocenters. The molecule has 4 aromatic heterocycles. The van der Waals surface area contributed by atoms with Crippen LogP contribution < -0.4 is 0 Å². The zero-order valence-electron chi connectivity index (χ0n) is 29.8. The Kier molecular flexibility index (Phi) is 7.57. The van der Waals surface area contributed by atoms with Gasteiger partial charge >= 0.3 is 0 Å². The number of fused-ring (bicyclic) bond motifs is 6. The van der Waals surface area contributed by atoms with Gasteiger partial charge < -0.3 is 4.42 Å². The first-order valence-electron chi connectivity index (χ1n) is 18.4. The molecule has 7 aromatic carbocycles. The maximum Gasteiger partial charge on any atom is 0.180 e. The third kappa shape index (κ3) is 5.52. The molecule has 0 aliphatic carbocycles. The van der Waals surface area contributed by atoms with E-state index in [1.165, 1.54) is 9.40 Å². The lowest BCUT2D eigenvalue weighted by atomic mass is 9.99. The van der Waals surface area contributed by atoms with Crippen molar-refractivity contribution in [1.82, 2.24) is 24.9 Å². The van der Waals surface area contributed by atoms with Crippen LogP contribution in [-0.2, 0) is 0 Å². The van der Waals surface area contributed by atoms with E-state index >= 15 is 0 Å². The Morgan fingerprint density at radius 2 is 0.946 bits per heavy atom. The van der Waals surface area contributed by atoms with Crippen LogP contribution in [0, 0.1) is 0 Å². The minimum absolute atomic E-state index is 0.646. The highest BCUT2D eigenvalue weighted by Gasteiger charge is 2.20. The van der Waals surface area contributed by atoms with Gasteiger partial charge in [0.05, 0.1) is 0 Å². The predicted molar refractivity (Wildman–Crippen MR) is 228 cm³/mol. The molecule has 7 heteroatoms. The van der Waals surface area contributed by atoms with E-state index in [-0.39, 0.29) is 0 Å². The number of thiophene rings is 1. The summed E-state index contributed by atoms with van der Waals surface area (Å²) in [6, 6.07) is 60.0. The zero-order valence-corrected chi connectivity index (χ0v) is 30.6. The van der Waals surface area contributed by atoms with Crippen molar-refractivity contribution in [3.05, 3.63) is 176 Å². The highest BCUT2D eigenvalue weighted by atomic mass is 32.1. The Morgan fingerprint density at radius 1 is 0.375 bits per heavy atom. The van der Waals surface area contributed by atoms with E-state index < -0.39 is 0 Å². The number of benzene rings is 7. The van der Waals surface area contributed by atoms with Crippen molar-refractivity contribution in [3.8, 4) is 67.9 Å². The number of hydrogen-bond donors (Lipinski definition) is 0.